The molecule has 0 spiro atoms. The van der Waals surface area contributed by atoms with Crippen LogP contribution < -0.4 is 9.80 Å². The minimum absolute atomic E-state index is 0.0493. The highest BCUT2D eigenvalue weighted by molar-refractivity contribution is 6.31. The van der Waals surface area contributed by atoms with Gasteiger partial charge in [0.05, 0.1) is 17.1 Å². The van der Waals surface area contributed by atoms with Crippen LogP contribution in [0.1, 0.15) is 68.2 Å². The molecule has 0 saturated heterocycles. The molecule has 0 unspecified atom stereocenters. The van der Waals surface area contributed by atoms with E-state index in [4.69, 9.17) is 11.6 Å². The van der Waals surface area contributed by atoms with Crippen molar-refractivity contribution in [1.82, 2.24) is 4.57 Å². The number of aromatic nitrogens is 1. The van der Waals surface area contributed by atoms with E-state index in [-0.39, 0.29) is 17.7 Å². The normalized spacial score (nSPS) is 13.3. The van der Waals surface area contributed by atoms with Gasteiger partial charge in [0, 0.05) is 18.8 Å². The Morgan fingerprint density at radius 3 is 2.30 bits per heavy atom. The first kappa shape index (κ1) is 22.4. The molecule has 6 heteroatoms. The number of anilines is 3. The Morgan fingerprint density at radius 1 is 1.03 bits per heavy atom. The number of unbranched alkanes of at least 4 members (excludes halogenated alkanes) is 2. The summed E-state index contributed by atoms with van der Waals surface area (Å²) in [4.78, 5) is 30.5. The van der Waals surface area contributed by atoms with Gasteiger partial charge in [-0.1, -0.05) is 38.8 Å². The van der Waals surface area contributed by atoms with Crippen LogP contribution in [0.2, 0.25) is 0 Å². The maximum Gasteiger partial charge on any atom is 0.277 e. The number of amides is 2. The van der Waals surface area contributed by atoms with Crippen molar-refractivity contribution in [2.75, 3.05) is 22.2 Å². The molecule has 2 amide bonds. The molecule has 1 aliphatic rings. The molecule has 30 heavy (non-hydrogen) atoms. The molecular formula is C24H32ClN3O2. The van der Waals surface area contributed by atoms with Gasteiger partial charge in [-0.2, -0.15) is 0 Å². The monoisotopic (exact) mass is 429 g/mol. The van der Waals surface area contributed by atoms with Crippen LogP contribution in [0.3, 0.4) is 0 Å². The van der Waals surface area contributed by atoms with Crippen molar-refractivity contribution in [1.29, 1.82) is 0 Å². The van der Waals surface area contributed by atoms with Crippen LogP contribution in [0.5, 0.6) is 0 Å². The summed E-state index contributed by atoms with van der Waals surface area (Å²) in [5.74, 6) is -0.395. The van der Waals surface area contributed by atoms with Gasteiger partial charge in [-0.3, -0.25) is 14.5 Å². The lowest BCUT2D eigenvalue weighted by Gasteiger charge is -2.25. The maximum atomic E-state index is 13.8. The number of carbonyl (C=O) groups excluding carboxylic acids is 2. The zero-order valence-electron chi connectivity index (χ0n) is 18.5. The summed E-state index contributed by atoms with van der Waals surface area (Å²) in [6.07, 6.45) is 4.89. The molecule has 1 aliphatic heterocycles. The van der Waals surface area contributed by atoms with E-state index >= 15 is 0 Å². The Balaban J connectivity index is 2.38. The number of nitrogens with zero attached hydrogens (tertiary/aromatic N) is 3. The smallest absolute Gasteiger partial charge is 0.277 e. The first-order valence-corrected chi connectivity index (χ1v) is 11.6. The van der Waals surface area contributed by atoms with Crippen LogP contribution in [0, 0.1) is 6.92 Å². The number of rotatable bonds is 8. The second-order valence-corrected chi connectivity index (χ2v) is 8.04. The molecule has 0 radical (unpaired) electrons. The summed E-state index contributed by atoms with van der Waals surface area (Å²) in [5, 5.41) is 0. The molecular weight excluding hydrogens is 398 g/mol. The predicted octanol–water partition coefficient (Wildman–Crippen LogP) is 5.82. The van der Waals surface area contributed by atoms with Crippen molar-refractivity contribution in [2.45, 2.75) is 66.3 Å². The molecule has 2 heterocycles. The standard InChI is InChI=1S/C24H32ClN3O2/c1-5-8-12-18-17(4)27(15-9-6-2)23-22(18)28(21(29)16-25)20-14-11-10-13-19(20)26(7-3)24(23)30/h10-11,13-14H,5-9,12,15-16H2,1-4H3. The lowest BCUT2D eigenvalue weighted by Crippen LogP contribution is -2.31. The van der Waals surface area contributed by atoms with E-state index in [1.54, 1.807) is 9.80 Å². The van der Waals surface area contributed by atoms with Crippen LogP contribution in [0.4, 0.5) is 17.1 Å². The van der Waals surface area contributed by atoms with E-state index in [1.165, 1.54) is 0 Å². The van der Waals surface area contributed by atoms with Gasteiger partial charge in [-0.05, 0) is 50.8 Å². The van der Waals surface area contributed by atoms with Crippen molar-refractivity contribution in [2.24, 2.45) is 0 Å². The van der Waals surface area contributed by atoms with Crippen LogP contribution in [-0.4, -0.2) is 28.8 Å². The predicted molar refractivity (Wildman–Crippen MR) is 124 cm³/mol. The van der Waals surface area contributed by atoms with Gasteiger partial charge in [0.15, 0.2) is 0 Å². The Bertz CT molecular complexity index is 935. The number of hydrogen-bond donors (Lipinski definition) is 0. The first-order valence-electron chi connectivity index (χ1n) is 11.0. The zero-order chi connectivity index (χ0) is 21.8. The van der Waals surface area contributed by atoms with Crippen molar-refractivity contribution in [3.63, 3.8) is 0 Å². The highest BCUT2D eigenvalue weighted by Crippen LogP contribution is 2.45. The molecule has 2 aromatic rings. The second-order valence-electron chi connectivity index (χ2n) is 7.77. The average molecular weight is 430 g/mol. The number of benzene rings is 1. The molecule has 0 bridgehead atoms. The summed E-state index contributed by atoms with van der Waals surface area (Å²) < 4.78 is 2.13. The second kappa shape index (κ2) is 9.69. The molecule has 0 saturated carbocycles. The van der Waals surface area contributed by atoms with Gasteiger partial charge in [-0.15, -0.1) is 11.6 Å². The number of carbonyl (C=O) groups is 2. The lowest BCUT2D eigenvalue weighted by molar-refractivity contribution is -0.115. The van der Waals surface area contributed by atoms with Gasteiger partial charge in [-0.25, -0.2) is 0 Å². The Labute approximate surface area is 184 Å². The maximum absolute atomic E-state index is 13.8. The topological polar surface area (TPSA) is 45.6 Å². The average Bonchev–Trinajstić information content (AvgIpc) is 2.96. The van der Waals surface area contributed by atoms with E-state index in [0.717, 1.165) is 67.0 Å². The number of hydrogen-bond acceptors (Lipinski definition) is 2. The summed E-state index contributed by atoms with van der Waals surface area (Å²) in [5.41, 5.74) is 4.99. The van der Waals surface area contributed by atoms with Crippen molar-refractivity contribution < 1.29 is 9.59 Å². The highest BCUT2D eigenvalue weighted by Gasteiger charge is 2.38. The van der Waals surface area contributed by atoms with Crippen LogP contribution >= 0.6 is 11.6 Å². The van der Waals surface area contributed by atoms with Gasteiger partial charge in [0.1, 0.15) is 11.6 Å². The van der Waals surface area contributed by atoms with Gasteiger partial charge in [0.2, 0.25) is 5.91 Å². The summed E-state index contributed by atoms with van der Waals surface area (Å²) in [6.45, 7) is 9.64. The van der Waals surface area contributed by atoms with Gasteiger partial charge in [0.25, 0.3) is 5.91 Å². The molecule has 162 valence electrons. The Morgan fingerprint density at radius 2 is 1.70 bits per heavy atom. The zero-order valence-corrected chi connectivity index (χ0v) is 19.3. The lowest BCUT2D eigenvalue weighted by atomic mass is 10.1. The fourth-order valence-corrected chi connectivity index (χ4v) is 4.47. The number of para-hydroxylation sites is 2. The van der Waals surface area contributed by atoms with Crippen LogP contribution in [-0.2, 0) is 17.8 Å². The molecule has 0 aliphatic carbocycles. The molecule has 0 atom stereocenters. The molecule has 0 fully saturated rings. The minimum atomic E-state index is -0.207. The van der Waals surface area contributed by atoms with Crippen LogP contribution in [0.15, 0.2) is 24.3 Å². The molecule has 0 N–H and O–H groups in total. The third-order valence-electron chi connectivity index (χ3n) is 5.90. The minimum Gasteiger partial charge on any atom is -0.339 e. The third kappa shape index (κ3) is 3.76. The van der Waals surface area contributed by atoms with Gasteiger partial charge < -0.3 is 9.47 Å². The first-order chi connectivity index (χ1) is 14.5. The largest absolute Gasteiger partial charge is 0.339 e. The van der Waals surface area contributed by atoms with E-state index in [1.807, 2.05) is 31.2 Å². The molecule has 3 rings (SSSR count). The number of fused-ring (bicyclic) bond motifs is 2. The van der Waals surface area contributed by atoms with E-state index in [9.17, 15) is 9.59 Å². The SMILES string of the molecule is CCCCc1c2c(n(CCCC)c1C)C(=O)N(CC)c1ccccc1N2C(=O)CCl. The summed E-state index contributed by atoms with van der Waals surface area (Å²) in [7, 11) is 0. The van der Waals surface area contributed by atoms with Crippen molar-refractivity contribution >= 4 is 40.5 Å². The van der Waals surface area contributed by atoms with E-state index < -0.39 is 0 Å². The van der Waals surface area contributed by atoms with E-state index in [2.05, 4.69) is 25.3 Å². The fourth-order valence-electron chi connectivity index (χ4n) is 4.35. The van der Waals surface area contributed by atoms with Crippen LogP contribution in [0.25, 0.3) is 0 Å². The number of halogens is 1. The van der Waals surface area contributed by atoms with Crippen molar-refractivity contribution in [3.05, 3.63) is 41.2 Å². The van der Waals surface area contributed by atoms with E-state index in [0.29, 0.717) is 12.2 Å². The summed E-state index contributed by atoms with van der Waals surface area (Å²) >= 11 is 6.07. The highest BCUT2D eigenvalue weighted by atomic mass is 35.5. The Kier molecular flexibility index (Phi) is 7.24. The van der Waals surface area contributed by atoms with Gasteiger partial charge >= 0.3 is 0 Å². The molecule has 5 nitrogen and oxygen atoms in total. The molecule has 1 aromatic carbocycles. The van der Waals surface area contributed by atoms with Crippen molar-refractivity contribution in [3.8, 4) is 0 Å². The fraction of sp³-hybridized carbons (Fsp3) is 0.500. The number of alkyl halides is 1. The molecule has 1 aromatic heterocycles. The summed E-state index contributed by atoms with van der Waals surface area (Å²) in [6, 6.07) is 7.63. The quantitative estimate of drug-likeness (QED) is 0.496. The third-order valence-corrected chi connectivity index (χ3v) is 6.13. The Hall–Kier alpha value is -2.27.